The van der Waals surface area contributed by atoms with Crippen molar-refractivity contribution < 1.29 is 28.1 Å². The Labute approximate surface area is 131 Å². The summed E-state index contributed by atoms with van der Waals surface area (Å²) in [6, 6.07) is 5.49. The number of aromatic hydroxyl groups is 1. The van der Waals surface area contributed by atoms with Gasteiger partial charge in [-0.15, -0.1) is 0 Å². The van der Waals surface area contributed by atoms with Gasteiger partial charge in [0.2, 0.25) is 0 Å². The summed E-state index contributed by atoms with van der Waals surface area (Å²) in [7, 11) is 1.46. The first-order valence-corrected chi connectivity index (χ1v) is 6.80. The van der Waals surface area contributed by atoms with E-state index in [0.29, 0.717) is 11.3 Å². The Morgan fingerprint density at radius 2 is 1.78 bits per heavy atom. The molecule has 0 radical (unpaired) electrons. The number of hydrogen-bond acceptors (Lipinski definition) is 4. The summed E-state index contributed by atoms with van der Waals surface area (Å²) in [5.74, 6) is -3.75. The summed E-state index contributed by atoms with van der Waals surface area (Å²) in [6.45, 7) is -0.330. The molecule has 4 nitrogen and oxygen atoms in total. The van der Waals surface area contributed by atoms with E-state index in [0.717, 1.165) is 12.1 Å². The van der Waals surface area contributed by atoms with Crippen molar-refractivity contribution in [3.8, 4) is 11.5 Å². The highest BCUT2D eigenvalue weighted by atomic mass is 19.2. The smallest absolute Gasteiger partial charge is 0.194 e. The van der Waals surface area contributed by atoms with Crippen molar-refractivity contribution in [1.82, 2.24) is 5.32 Å². The summed E-state index contributed by atoms with van der Waals surface area (Å²) < 4.78 is 44.5. The molecule has 23 heavy (non-hydrogen) atoms. The van der Waals surface area contributed by atoms with Crippen LogP contribution in [0.25, 0.3) is 0 Å². The number of phenols is 1. The molecule has 2 rings (SSSR count). The zero-order valence-electron chi connectivity index (χ0n) is 12.3. The van der Waals surface area contributed by atoms with Crippen LogP contribution >= 0.6 is 0 Å². The van der Waals surface area contributed by atoms with Crippen molar-refractivity contribution in [2.75, 3.05) is 13.7 Å². The minimum atomic E-state index is -1.56. The molecule has 0 aromatic heterocycles. The standard InChI is InChI=1S/C16H16F3NO3/c1-23-11-3-2-9(15(22)6-11)7-20-14(8-21)10-4-12(17)16(19)13(18)5-10/h2-6,14,20-22H,7-8H2,1H3. The summed E-state index contributed by atoms with van der Waals surface area (Å²) in [5.41, 5.74) is 0.573. The maximum atomic E-state index is 13.3. The van der Waals surface area contributed by atoms with Crippen LogP contribution in [0.4, 0.5) is 13.2 Å². The molecule has 3 N–H and O–H groups in total. The highest BCUT2D eigenvalue weighted by molar-refractivity contribution is 5.39. The molecular formula is C16H16F3NO3. The van der Waals surface area contributed by atoms with E-state index in [2.05, 4.69) is 5.32 Å². The van der Waals surface area contributed by atoms with Crippen LogP contribution in [0.5, 0.6) is 11.5 Å². The summed E-state index contributed by atoms with van der Waals surface area (Å²) in [6.07, 6.45) is 0. The van der Waals surface area contributed by atoms with Gasteiger partial charge in [0.05, 0.1) is 19.8 Å². The van der Waals surface area contributed by atoms with Crippen LogP contribution in [0.15, 0.2) is 30.3 Å². The highest BCUT2D eigenvalue weighted by Crippen LogP contribution is 2.25. The van der Waals surface area contributed by atoms with E-state index < -0.39 is 30.1 Å². The van der Waals surface area contributed by atoms with E-state index in [-0.39, 0.29) is 17.9 Å². The first-order chi connectivity index (χ1) is 11.0. The van der Waals surface area contributed by atoms with Crippen molar-refractivity contribution in [3.05, 3.63) is 58.9 Å². The Morgan fingerprint density at radius 1 is 1.13 bits per heavy atom. The summed E-state index contributed by atoms with van der Waals surface area (Å²) in [4.78, 5) is 0. The lowest BCUT2D eigenvalue weighted by atomic mass is 10.1. The molecule has 0 saturated carbocycles. The number of nitrogens with one attached hydrogen (secondary N) is 1. The second kappa shape index (κ2) is 7.34. The van der Waals surface area contributed by atoms with Crippen molar-refractivity contribution in [3.63, 3.8) is 0 Å². The SMILES string of the molecule is COc1ccc(CNC(CO)c2cc(F)c(F)c(F)c2)c(O)c1. The second-order valence-electron chi connectivity index (χ2n) is 4.91. The van der Waals surface area contributed by atoms with Crippen LogP contribution in [0.1, 0.15) is 17.2 Å². The Bertz CT molecular complexity index is 671. The molecule has 0 heterocycles. The van der Waals surface area contributed by atoms with Gasteiger partial charge in [-0.1, -0.05) is 6.07 Å². The molecule has 2 aromatic carbocycles. The number of aliphatic hydroxyl groups excluding tert-OH is 1. The predicted molar refractivity (Wildman–Crippen MR) is 77.6 cm³/mol. The first-order valence-electron chi connectivity index (χ1n) is 6.80. The van der Waals surface area contributed by atoms with Gasteiger partial charge < -0.3 is 20.3 Å². The fraction of sp³-hybridized carbons (Fsp3) is 0.250. The Balaban J connectivity index is 2.14. The molecular weight excluding hydrogens is 311 g/mol. The topological polar surface area (TPSA) is 61.7 Å². The summed E-state index contributed by atoms with van der Waals surface area (Å²) >= 11 is 0. The van der Waals surface area contributed by atoms with E-state index in [1.807, 2.05) is 0 Å². The molecule has 0 saturated heterocycles. The minimum Gasteiger partial charge on any atom is -0.507 e. The fourth-order valence-corrected chi connectivity index (χ4v) is 2.12. The van der Waals surface area contributed by atoms with Gasteiger partial charge in [-0.2, -0.15) is 0 Å². The quantitative estimate of drug-likeness (QED) is 0.714. The first kappa shape index (κ1) is 17.1. The van der Waals surface area contributed by atoms with Gasteiger partial charge in [0.25, 0.3) is 0 Å². The van der Waals surface area contributed by atoms with Crippen molar-refractivity contribution >= 4 is 0 Å². The molecule has 124 valence electrons. The van der Waals surface area contributed by atoms with Crippen molar-refractivity contribution in [2.45, 2.75) is 12.6 Å². The lowest BCUT2D eigenvalue weighted by Gasteiger charge is -2.18. The number of benzene rings is 2. The lowest BCUT2D eigenvalue weighted by molar-refractivity contribution is 0.242. The molecule has 0 aliphatic rings. The third-order valence-electron chi connectivity index (χ3n) is 3.42. The molecule has 0 amide bonds. The van der Waals surface area contributed by atoms with Crippen LogP contribution in [0.3, 0.4) is 0 Å². The average Bonchev–Trinajstić information content (AvgIpc) is 2.54. The number of methoxy groups -OCH3 is 1. The van der Waals surface area contributed by atoms with Gasteiger partial charge in [0, 0.05) is 18.2 Å². The third-order valence-corrected chi connectivity index (χ3v) is 3.42. The molecule has 0 aliphatic heterocycles. The van der Waals surface area contributed by atoms with Crippen LogP contribution < -0.4 is 10.1 Å². The number of ether oxygens (including phenoxy) is 1. The molecule has 0 bridgehead atoms. The molecule has 2 aromatic rings. The van der Waals surface area contributed by atoms with Crippen molar-refractivity contribution in [1.29, 1.82) is 0 Å². The molecule has 1 atom stereocenters. The summed E-state index contributed by atoms with van der Waals surface area (Å²) in [5, 5.41) is 22.1. The normalized spacial score (nSPS) is 12.2. The zero-order valence-corrected chi connectivity index (χ0v) is 12.3. The van der Waals surface area contributed by atoms with Crippen LogP contribution in [-0.2, 0) is 6.54 Å². The van der Waals surface area contributed by atoms with E-state index in [1.165, 1.54) is 13.2 Å². The molecule has 0 spiro atoms. The number of rotatable bonds is 6. The molecule has 0 aliphatic carbocycles. The molecule has 7 heteroatoms. The van der Waals surface area contributed by atoms with Gasteiger partial charge in [-0.25, -0.2) is 13.2 Å². The third kappa shape index (κ3) is 3.94. The lowest BCUT2D eigenvalue weighted by Crippen LogP contribution is -2.24. The average molecular weight is 327 g/mol. The zero-order chi connectivity index (χ0) is 17.0. The molecule has 1 unspecified atom stereocenters. The Kier molecular flexibility index (Phi) is 5.46. The minimum absolute atomic E-state index is 0.0231. The Hall–Kier alpha value is -2.25. The predicted octanol–water partition coefficient (Wildman–Crippen LogP) is 2.64. The maximum Gasteiger partial charge on any atom is 0.194 e. The van der Waals surface area contributed by atoms with Gasteiger partial charge >= 0.3 is 0 Å². The number of aliphatic hydroxyl groups is 1. The van der Waals surface area contributed by atoms with Gasteiger partial charge in [-0.3, -0.25) is 0 Å². The van der Waals surface area contributed by atoms with Crippen LogP contribution in [0.2, 0.25) is 0 Å². The van der Waals surface area contributed by atoms with E-state index in [4.69, 9.17) is 4.74 Å². The van der Waals surface area contributed by atoms with E-state index in [1.54, 1.807) is 12.1 Å². The number of phenolic OH excluding ortho intramolecular Hbond substituents is 1. The second-order valence-corrected chi connectivity index (χ2v) is 4.91. The maximum absolute atomic E-state index is 13.3. The van der Waals surface area contributed by atoms with Crippen molar-refractivity contribution in [2.24, 2.45) is 0 Å². The number of hydrogen-bond donors (Lipinski definition) is 3. The molecule has 0 fully saturated rings. The van der Waals surface area contributed by atoms with Gasteiger partial charge in [0.1, 0.15) is 11.5 Å². The monoisotopic (exact) mass is 327 g/mol. The van der Waals surface area contributed by atoms with E-state index in [9.17, 15) is 23.4 Å². The van der Waals surface area contributed by atoms with Crippen LogP contribution in [-0.4, -0.2) is 23.9 Å². The fourth-order valence-electron chi connectivity index (χ4n) is 2.12. The Morgan fingerprint density at radius 3 is 2.30 bits per heavy atom. The number of halogens is 3. The van der Waals surface area contributed by atoms with Gasteiger partial charge in [-0.05, 0) is 23.8 Å². The highest BCUT2D eigenvalue weighted by Gasteiger charge is 2.17. The van der Waals surface area contributed by atoms with Crippen LogP contribution in [0, 0.1) is 17.5 Å². The largest absolute Gasteiger partial charge is 0.507 e. The van der Waals surface area contributed by atoms with E-state index >= 15 is 0 Å². The van der Waals surface area contributed by atoms with Gasteiger partial charge in [0.15, 0.2) is 17.5 Å².